The molecule has 3 rings (SSSR count). The normalized spacial score (nSPS) is 10.8. The lowest BCUT2D eigenvalue weighted by Gasteiger charge is -1.93. The minimum Gasteiger partial charge on any atom is -0.336 e. The van der Waals surface area contributed by atoms with E-state index in [1.807, 2.05) is 66.7 Å². The van der Waals surface area contributed by atoms with E-state index in [0.29, 0.717) is 5.88 Å². The second kappa shape index (κ2) is 5.84. The molecule has 1 N–H and O–H groups in total. The summed E-state index contributed by atoms with van der Waals surface area (Å²) in [7, 11) is 0. The number of hydrazone groups is 1. The molecule has 0 aliphatic rings. The second-order valence-electron chi connectivity index (χ2n) is 4.22. The number of hydrogen-bond acceptors (Lipinski definition) is 4. The SMILES string of the molecule is C(=N\Nc1cc(-c2ccccc2)no1)/c1ccccc1. The Kier molecular flexibility index (Phi) is 3.55. The van der Waals surface area contributed by atoms with Crippen LogP contribution in [0.2, 0.25) is 0 Å². The third-order valence-electron chi connectivity index (χ3n) is 2.77. The minimum atomic E-state index is 0.510. The average Bonchev–Trinajstić information content (AvgIpc) is 2.98. The molecule has 0 aliphatic carbocycles. The van der Waals surface area contributed by atoms with Crippen LogP contribution in [0.5, 0.6) is 0 Å². The van der Waals surface area contributed by atoms with Crippen molar-refractivity contribution in [1.29, 1.82) is 0 Å². The van der Waals surface area contributed by atoms with Crippen LogP contribution in [-0.2, 0) is 0 Å². The van der Waals surface area contributed by atoms with E-state index in [9.17, 15) is 0 Å². The van der Waals surface area contributed by atoms with Gasteiger partial charge in [0.25, 0.3) is 0 Å². The van der Waals surface area contributed by atoms with Gasteiger partial charge in [0.15, 0.2) is 0 Å². The highest BCUT2D eigenvalue weighted by Gasteiger charge is 2.04. The molecule has 0 saturated carbocycles. The maximum Gasteiger partial charge on any atom is 0.245 e. The number of anilines is 1. The van der Waals surface area contributed by atoms with Gasteiger partial charge in [0.1, 0.15) is 5.69 Å². The molecule has 0 amide bonds. The number of rotatable bonds is 4. The predicted octanol–water partition coefficient (Wildman–Crippen LogP) is 3.79. The van der Waals surface area contributed by atoms with E-state index in [0.717, 1.165) is 16.8 Å². The smallest absolute Gasteiger partial charge is 0.245 e. The van der Waals surface area contributed by atoms with Crippen LogP contribution in [0.3, 0.4) is 0 Å². The standard InChI is InChI=1S/C16H13N3O/c1-3-7-13(8-4-1)12-17-18-16-11-15(19-20-16)14-9-5-2-6-10-14/h1-12,18H/b17-12+. The molecule has 20 heavy (non-hydrogen) atoms. The molecule has 4 heteroatoms. The Morgan fingerprint density at radius 1 is 0.950 bits per heavy atom. The highest BCUT2D eigenvalue weighted by molar-refractivity contribution is 5.79. The molecule has 0 bridgehead atoms. The van der Waals surface area contributed by atoms with Gasteiger partial charge in [-0.05, 0) is 5.56 Å². The molecule has 0 atom stereocenters. The van der Waals surface area contributed by atoms with Crippen LogP contribution < -0.4 is 5.43 Å². The zero-order chi connectivity index (χ0) is 13.6. The van der Waals surface area contributed by atoms with Crippen LogP contribution in [0.4, 0.5) is 5.88 Å². The summed E-state index contributed by atoms with van der Waals surface area (Å²) in [5.74, 6) is 0.510. The Labute approximate surface area is 116 Å². The largest absolute Gasteiger partial charge is 0.336 e. The lowest BCUT2D eigenvalue weighted by Crippen LogP contribution is -1.88. The van der Waals surface area contributed by atoms with Crippen molar-refractivity contribution in [2.24, 2.45) is 5.10 Å². The molecule has 1 heterocycles. The number of nitrogens with one attached hydrogen (secondary N) is 1. The fraction of sp³-hybridized carbons (Fsp3) is 0. The Hall–Kier alpha value is -2.88. The summed E-state index contributed by atoms with van der Waals surface area (Å²) < 4.78 is 5.18. The molecule has 0 saturated heterocycles. The quantitative estimate of drug-likeness (QED) is 0.575. The first kappa shape index (κ1) is 12.2. The zero-order valence-electron chi connectivity index (χ0n) is 10.7. The predicted molar refractivity (Wildman–Crippen MR) is 79.6 cm³/mol. The molecule has 0 fully saturated rings. The highest BCUT2D eigenvalue weighted by Crippen LogP contribution is 2.20. The first-order valence-electron chi connectivity index (χ1n) is 6.28. The number of aromatic nitrogens is 1. The second-order valence-corrected chi connectivity index (χ2v) is 4.22. The van der Waals surface area contributed by atoms with Gasteiger partial charge in [0.05, 0.1) is 6.21 Å². The van der Waals surface area contributed by atoms with Gasteiger partial charge in [-0.15, -0.1) is 0 Å². The Morgan fingerprint density at radius 2 is 1.65 bits per heavy atom. The third kappa shape index (κ3) is 2.92. The van der Waals surface area contributed by atoms with Crippen LogP contribution in [0.1, 0.15) is 5.56 Å². The van der Waals surface area contributed by atoms with Gasteiger partial charge in [0, 0.05) is 11.6 Å². The maximum absolute atomic E-state index is 5.18. The lowest BCUT2D eigenvalue weighted by atomic mass is 10.2. The van der Waals surface area contributed by atoms with E-state index in [-0.39, 0.29) is 0 Å². The number of nitrogens with zero attached hydrogens (tertiary/aromatic N) is 2. The molecule has 0 aliphatic heterocycles. The molecule has 98 valence electrons. The summed E-state index contributed by atoms with van der Waals surface area (Å²) in [6.07, 6.45) is 1.73. The van der Waals surface area contributed by atoms with E-state index >= 15 is 0 Å². The Morgan fingerprint density at radius 3 is 2.40 bits per heavy atom. The van der Waals surface area contributed by atoms with Crippen molar-refractivity contribution < 1.29 is 4.52 Å². The number of hydrogen-bond donors (Lipinski definition) is 1. The van der Waals surface area contributed by atoms with Crippen LogP contribution in [0.15, 0.2) is 76.4 Å². The lowest BCUT2D eigenvalue weighted by molar-refractivity contribution is 0.435. The van der Waals surface area contributed by atoms with Crippen molar-refractivity contribution in [3.8, 4) is 11.3 Å². The maximum atomic E-state index is 5.18. The Bertz CT molecular complexity index is 690. The van der Waals surface area contributed by atoms with Crippen molar-refractivity contribution in [2.45, 2.75) is 0 Å². The van der Waals surface area contributed by atoms with Gasteiger partial charge in [0.2, 0.25) is 5.88 Å². The van der Waals surface area contributed by atoms with E-state index < -0.39 is 0 Å². The fourth-order valence-corrected chi connectivity index (χ4v) is 1.78. The van der Waals surface area contributed by atoms with Crippen LogP contribution >= 0.6 is 0 Å². The molecular formula is C16H13N3O. The van der Waals surface area contributed by atoms with Crippen molar-refractivity contribution in [1.82, 2.24) is 5.16 Å². The molecule has 0 spiro atoms. The summed E-state index contributed by atoms with van der Waals surface area (Å²) in [5.41, 5.74) is 5.63. The van der Waals surface area contributed by atoms with Gasteiger partial charge in [-0.2, -0.15) is 5.10 Å². The van der Waals surface area contributed by atoms with Gasteiger partial charge in [-0.25, -0.2) is 5.43 Å². The van der Waals surface area contributed by atoms with Gasteiger partial charge in [-0.1, -0.05) is 65.8 Å². The van der Waals surface area contributed by atoms with Crippen molar-refractivity contribution in [3.05, 3.63) is 72.3 Å². The van der Waals surface area contributed by atoms with Crippen LogP contribution in [-0.4, -0.2) is 11.4 Å². The van der Waals surface area contributed by atoms with E-state index in [1.165, 1.54) is 0 Å². The van der Waals surface area contributed by atoms with E-state index in [2.05, 4.69) is 15.7 Å². The molecule has 0 radical (unpaired) electrons. The van der Waals surface area contributed by atoms with Crippen molar-refractivity contribution in [3.63, 3.8) is 0 Å². The summed E-state index contributed by atoms with van der Waals surface area (Å²) in [6.45, 7) is 0. The topological polar surface area (TPSA) is 50.4 Å². The molecular weight excluding hydrogens is 250 g/mol. The Balaban J connectivity index is 1.68. The first-order chi connectivity index (χ1) is 9.92. The van der Waals surface area contributed by atoms with E-state index in [1.54, 1.807) is 6.21 Å². The zero-order valence-corrected chi connectivity index (χ0v) is 10.7. The summed E-state index contributed by atoms with van der Waals surface area (Å²) in [5, 5.41) is 8.11. The molecule has 0 unspecified atom stereocenters. The summed E-state index contributed by atoms with van der Waals surface area (Å²) >= 11 is 0. The van der Waals surface area contributed by atoms with Crippen LogP contribution in [0.25, 0.3) is 11.3 Å². The third-order valence-corrected chi connectivity index (χ3v) is 2.77. The highest BCUT2D eigenvalue weighted by atomic mass is 16.5. The van der Waals surface area contributed by atoms with Crippen molar-refractivity contribution >= 4 is 12.1 Å². The molecule has 3 aromatic rings. The molecule has 1 aromatic heterocycles. The molecule has 2 aromatic carbocycles. The average molecular weight is 263 g/mol. The monoisotopic (exact) mass is 263 g/mol. The minimum absolute atomic E-state index is 0.510. The first-order valence-corrected chi connectivity index (χ1v) is 6.28. The molecule has 4 nitrogen and oxygen atoms in total. The van der Waals surface area contributed by atoms with Crippen molar-refractivity contribution in [2.75, 3.05) is 5.43 Å². The van der Waals surface area contributed by atoms with Gasteiger partial charge in [-0.3, -0.25) is 0 Å². The van der Waals surface area contributed by atoms with Gasteiger partial charge >= 0.3 is 0 Å². The summed E-state index contributed by atoms with van der Waals surface area (Å²) in [6, 6.07) is 21.5. The van der Waals surface area contributed by atoms with E-state index in [4.69, 9.17) is 4.52 Å². The fourth-order valence-electron chi connectivity index (χ4n) is 1.78. The van der Waals surface area contributed by atoms with Gasteiger partial charge < -0.3 is 4.52 Å². The number of benzene rings is 2. The van der Waals surface area contributed by atoms with Crippen LogP contribution in [0, 0.1) is 0 Å². The summed E-state index contributed by atoms with van der Waals surface area (Å²) in [4.78, 5) is 0.